The van der Waals surface area contributed by atoms with Crippen molar-refractivity contribution in [3.8, 4) is 0 Å². The predicted molar refractivity (Wildman–Crippen MR) is 114 cm³/mol. The van der Waals surface area contributed by atoms with E-state index in [-0.39, 0.29) is 47.3 Å². The standard InChI is InChI=1S/C20H20Cl2FN3O4S/c21-15-3-6-17(22)18(12-15)31(29,30)26-9-7-14(8-10-26)20(28)25-24-19(27)11-13-1-4-16(23)5-2-13/h1-6,12,14H,7-11H2,(H,24,27)(H,25,28). The van der Waals surface area contributed by atoms with Gasteiger partial charge in [-0.05, 0) is 48.7 Å². The van der Waals surface area contributed by atoms with Crippen molar-refractivity contribution < 1.29 is 22.4 Å². The molecule has 166 valence electrons. The summed E-state index contributed by atoms with van der Waals surface area (Å²) in [7, 11) is -3.84. The summed E-state index contributed by atoms with van der Waals surface area (Å²) in [6.45, 7) is 0.263. The van der Waals surface area contributed by atoms with Crippen LogP contribution in [0.4, 0.5) is 4.39 Å². The van der Waals surface area contributed by atoms with Crippen molar-refractivity contribution in [1.82, 2.24) is 15.2 Å². The molecular weight excluding hydrogens is 468 g/mol. The Bertz CT molecular complexity index is 1070. The van der Waals surface area contributed by atoms with Gasteiger partial charge in [0.2, 0.25) is 21.8 Å². The lowest BCUT2D eigenvalue weighted by Crippen LogP contribution is -2.48. The number of hydrogen-bond donors (Lipinski definition) is 2. The lowest BCUT2D eigenvalue weighted by Gasteiger charge is -2.30. The number of hydrogen-bond acceptors (Lipinski definition) is 4. The van der Waals surface area contributed by atoms with Gasteiger partial charge in [-0.15, -0.1) is 0 Å². The highest BCUT2D eigenvalue weighted by molar-refractivity contribution is 7.89. The Labute approximate surface area is 189 Å². The van der Waals surface area contributed by atoms with E-state index in [1.165, 1.54) is 46.8 Å². The maximum absolute atomic E-state index is 12.9. The molecule has 3 rings (SSSR count). The highest BCUT2D eigenvalue weighted by atomic mass is 35.5. The van der Waals surface area contributed by atoms with Gasteiger partial charge >= 0.3 is 0 Å². The van der Waals surface area contributed by atoms with Crippen LogP contribution < -0.4 is 10.9 Å². The van der Waals surface area contributed by atoms with Gasteiger partial charge in [-0.3, -0.25) is 20.4 Å². The molecule has 2 aromatic carbocycles. The molecule has 11 heteroatoms. The van der Waals surface area contributed by atoms with Gasteiger partial charge in [-0.25, -0.2) is 12.8 Å². The van der Waals surface area contributed by atoms with E-state index in [1.54, 1.807) is 0 Å². The lowest BCUT2D eigenvalue weighted by atomic mass is 9.98. The minimum absolute atomic E-state index is 0.0162. The molecule has 0 aliphatic carbocycles. The Morgan fingerprint density at radius 3 is 2.32 bits per heavy atom. The van der Waals surface area contributed by atoms with Crippen molar-refractivity contribution >= 4 is 45.0 Å². The maximum Gasteiger partial charge on any atom is 0.244 e. The molecule has 0 atom stereocenters. The van der Waals surface area contributed by atoms with Crippen LogP contribution in [0.1, 0.15) is 18.4 Å². The monoisotopic (exact) mass is 487 g/mol. The smallest absolute Gasteiger partial charge is 0.244 e. The molecule has 1 saturated heterocycles. The summed E-state index contributed by atoms with van der Waals surface area (Å²) >= 11 is 11.9. The first-order valence-corrected chi connectivity index (χ1v) is 11.6. The first kappa shape index (κ1) is 23.5. The van der Waals surface area contributed by atoms with Crippen molar-refractivity contribution in [2.24, 2.45) is 5.92 Å². The zero-order valence-corrected chi connectivity index (χ0v) is 18.6. The fourth-order valence-electron chi connectivity index (χ4n) is 3.24. The molecule has 7 nitrogen and oxygen atoms in total. The van der Waals surface area contributed by atoms with Crippen LogP contribution in [0.2, 0.25) is 10.0 Å². The SMILES string of the molecule is O=C(Cc1ccc(F)cc1)NNC(=O)C1CCN(S(=O)(=O)c2cc(Cl)ccc2Cl)CC1. The molecule has 0 spiro atoms. The van der Waals surface area contributed by atoms with Crippen LogP contribution in [-0.2, 0) is 26.0 Å². The molecule has 0 radical (unpaired) electrons. The van der Waals surface area contributed by atoms with Crippen LogP contribution in [0.3, 0.4) is 0 Å². The number of nitrogens with zero attached hydrogens (tertiary/aromatic N) is 1. The number of nitrogens with one attached hydrogen (secondary N) is 2. The molecule has 1 aliphatic rings. The Balaban J connectivity index is 1.50. The number of piperidine rings is 1. The Morgan fingerprint density at radius 1 is 1.03 bits per heavy atom. The summed E-state index contributed by atoms with van der Waals surface area (Å²) in [5, 5.41) is 0.335. The Morgan fingerprint density at radius 2 is 1.68 bits per heavy atom. The largest absolute Gasteiger partial charge is 0.273 e. The number of rotatable bonds is 5. The molecule has 0 aromatic heterocycles. The van der Waals surface area contributed by atoms with Gasteiger partial charge < -0.3 is 0 Å². The first-order valence-electron chi connectivity index (χ1n) is 9.45. The molecule has 31 heavy (non-hydrogen) atoms. The van der Waals surface area contributed by atoms with Crippen molar-refractivity contribution in [3.05, 3.63) is 63.9 Å². The van der Waals surface area contributed by atoms with Crippen LogP contribution in [0.25, 0.3) is 0 Å². The zero-order valence-electron chi connectivity index (χ0n) is 16.3. The second-order valence-electron chi connectivity index (χ2n) is 7.09. The molecule has 2 N–H and O–H groups in total. The fourth-order valence-corrected chi connectivity index (χ4v) is 5.44. The summed E-state index contributed by atoms with van der Waals surface area (Å²) in [6.07, 6.45) is 0.561. The predicted octanol–water partition coefficient (Wildman–Crippen LogP) is 2.92. The molecule has 0 bridgehead atoms. The van der Waals surface area contributed by atoms with Gasteiger partial charge in [0.15, 0.2) is 0 Å². The first-order chi connectivity index (χ1) is 14.7. The zero-order chi connectivity index (χ0) is 22.6. The number of carbonyl (C=O) groups is 2. The molecule has 0 unspecified atom stereocenters. The molecule has 1 aliphatic heterocycles. The lowest BCUT2D eigenvalue weighted by molar-refractivity contribution is -0.131. The van der Waals surface area contributed by atoms with Crippen LogP contribution in [0.15, 0.2) is 47.4 Å². The van der Waals surface area contributed by atoms with Crippen molar-refractivity contribution in [1.29, 1.82) is 0 Å². The third-order valence-electron chi connectivity index (χ3n) is 4.94. The van der Waals surface area contributed by atoms with E-state index in [1.807, 2.05) is 0 Å². The van der Waals surface area contributed by atoms with Gasteiger partial charge in [-0.1, -0.05) is 35.3 Å². The molecule has 1 fully saturated rings. The number of hydrazine groups is 1. The number of benzene rings is 2. The van der Waals surface area contributed by atoms with Crippen molar-refractivity contribution in [3.63, 3.8) is 0 Å². The average molecular weight is 488 g/mol. The molecule has 0 saturated carbocycles. The topological polar surface area (TPSA) is 95.6 Å². The highest BCUT2D eigenvalue weighted by Gasteiger charge is 2.33. The third-order valence-corrected chi connectivity index (χ3v) is 7.55. The van der Waals surface area contributed by atoms with Crippen molar-refractivity contribution in [2.45, 2.75) is 24.2 Å². The summed E-state index contributed by atoms with van der Waals surface area (Å²) in [5.74, 6) is -1.70. The van der Waals surface area contributed by atoms with Crippen LogP contribution in [-0.4, -0.2) is 37.6 Å². The normalized spacial score (nSPS) is 15.5. The van der Waals surface area contributed by atoms with Crippen molar-refractivity contribution in [2.75, 3.05) is 13.1 Å². The van der Waals surface area contributed by atoms with E-state index in [2.05, 4.69) is 10.9 Å². The van der Waals surface area contributed by atoms with E-state index in [0.29, 0.717) is 5.56 Å². The van der Waals surface area contributed by atoms with E-state index in [4.69, 9.17) is 23.2 Å². The van der Waals surface area contributed by atoms with Gasteiger partial charge in [-0.2, -0.15) is 4.31 Å². The maximum atomic E-state index is 12.9. The Kier molecular flexibility index (Phi) is 7.53. The third kappa shape index (κ3) is 5.94. The minimum Gasteiger partial charge on any atom is -0.273 e. The van der Waals surface area contributed by atoms with E-state index in [9.17, 15) is 22.4 Å². The summed E-state index contributed by atoms with van der Waals surface area (Å²) < 4.78 is 39.9. The van der Waals surface area contributed by atoms with Gasteiger partial charge in [0.25, 0.3) is 0 Å². The van der Waals surface area contributed by atoms with E-state index >= 15 is 0 Å². The number of halogens is 3. The quantitative estimate of drug-likeness (QED) is 0.633. The number of amides is 2. The van der Waals surface area contributed by atoms with Crippen LogP contribution in [0.5, 0.6) is 0 Å². The molecule has 1 heterocycles. The van der Waals surface area contributed by atoms with Gasteiger partial charge in [0.1, 0.15) is 10.7 Å². The number of sulfonamides is 1. The summed E-state index contributed by atoms with van der Waals surface area (Å²) in [5.41, 5.74) is 5.30. The summed E-state index contributed by atoms with van der Waals surface area (Å²) in [6, 6.07) is 9.70. The molecular formula is C20H20Cl2FN3O4S. The molecule has 2 aromatic rings. The van der Waals surface area contributed by atoms with E-state index in [0.717, 1.165) is 0 Å². The Hall–Kier alpha value is -2.20. The second kappa shape index (κ2) is 9.95. The second-order valence-corrected chi connectivity index (χ2v) is 9.84. The summed E-state index contributed by atoms with van der Waals surface area (Å²) in [4.78, 5) is 24.2. The van der Waals surface area contributed by atoms with Gasteiger partial charge in [0.05, 0.1) is 11.4 Å². The fraction of sp³-hybridized carbons (Fsp3) is 0.300. The average Bonchev–Trinajstić information content (AvgIpc) is 2.75. The minimum atomic E-state index is -3.84. The molecule has 2 amide bonds. The van der Waals surface area contributed by atoms with Gasteiger partial charge in [0, 0.05) is 24.0 Å². The van der Waals surface area contributed by atoms with Crippen LogP contribution in [0, 0.1) is 11.7 Å². The highest BCUT2D eigenvalue weighted by Crippen LogP contribution is 2.30. The van der Waals surface area contributed by atoms with Crippen LogP contribution >= 0.6 is 23.2 Å². The van der Waals surface area contributed by atoms with E-state index < -0.39 is 33.6 Å². The number of carbonyl (C=O) groups excluding carboxylic acids is 2.